The molecule has 2 heterocycles. The predicted molar refractivity (Wildman–Crippen MR) is 89.5 cm³/mol. The van der Waals surface area contributed by atoms with Crippen LogP contribution in [-0.4, -0.2) is 57.0 Å². The minimum Gasteiger partial charge on any atom is -0.454 e. The van der Waals surface area contributed by atoms with Crippen molar-refractivity contribution in [3.05, 3.63) is 18.2 Å². The SMILES string of the molecule is CN(C(=O)[C@@H]1COCCN1CC1CCC1)c1ccc2c(c1)OCO2. The highest BCUT2D eigenvalue weighted by molar-refractivity contribution is 5.97. The molecule has 1 aliphatic carbocycles. The van der Waals surface area contributed by atoms with Crippen LogP contribution in [0.15, 0.2) is 18.2 Å². The lowest BCUT2D eigenvalue weighted by Gasteiger charge is -2.40. The van der Waals surface area contributed by atoms with Crippen molar-refractivity contribution in [1.82, 2.24) is 4.90 Å². The molecule has 1 saturated heterocycles. The molecule has 1 amide bonds. The van der Waals surface area contributed by atoms with Crippen LogP contribution in [0.3, 0.4) is 0 Å². The van der Waals surface area contributed by atoms with E-state index in [0.717, 1.165) is 30.4 Å². The van der Waals surface area contributed by atoms with E-state index in [1.807, 2.05) is 25.2 Å². The number of anilines is 1. The summed E-state index contributed by atoms with van der Waals surface area (Å²) in [7, 11) is 1.82. The van der Waals surface area contributed by atoms with E-state index >= 15 is 0 Å². The van der Waals surface area contributed by atoms with Gasteiger partial charge in [0.15, 0.2) is 11.5 Å². The van der Waals surface area contributed by atoms with Crippen molar-refractivity contribution < 1.29 is 19.0 Å². The normalized spacial score (nSPS) is 23.8. The zero-order valence-electron chi connectivity index (χ0n) is 14.1. The van der Waals surface area contributed by atoms with E-state index < -0.39 is 0 Å². The van der Waals surface area contributed by atoms with E-state index in [0.29, 0.717) is 19.0 Å². The zero-order chi connectivity index (χ0) is 16.5. The van der Waals surface area contributed by atoms with E-state index in [-0.39, 0.29) is 18.7 Å². The average Bonchev–Trinajstić information content (AvgIpc) is 3.05. The third kappa shape index (κ3) is 2.96. The number of amides is 1. The predicted octanol–water partition coefficient (Wildman–Crippen LogP) is 1.88. The fourth-order valence-electron chi connectivity index (χ4n) is 3.54. The number of benzene rings is 1. The number of ether oxygens (including phenoxy) is 3. The number of rotatable bonds is 4. The highest BCUT2D eigenvalue weighted by Crippen LogP contribution is 2.35. The number of carbonyl (C=O) groups is 1. The number of hydrogen-bond donors (Lipinski definition) is 0. The number of hydrogen-bond acceptors (Lipinski definition) is 5. The van der Waals surface area contributed by atoms with Crippen LogP contribution in [0.4, 0.5) is 5.69 Å². The lowest BCUT2D eigenvalue weighted by molar-refractivity contribution is -0.130. The molecule has 24 heavy (non-hydrogen) atoms. The largest absolute Gasteiger partial charge is 0.454 e. The summed E-state index contributed by atoms with van der Waals surface area (Å²) in [4.78, 5) is 17.0. The third-order valence-corrected chi connectivity index (χ3v) is 5.32. The maximum absolute atomic E-state index is 13.0. The Morgan fingerprint density at radius 3 is 2.92 bits per heavy atom. The molecule has 6 nitrogen and oxygen atoms in total. The second-order valence-corrected chi connectivity index (χ2v) is 6.82. The lowest BCUT2D eigenvalue weighted by Crippen LogP contribution is -2.55. The smallest absolute Gasteiger partial charge is 0.246 e. The fourth-order valence-corrected chi connectivity index (χ4v) is 3.54. The van der Waals surface area contributed by atoms with Gasteiger partial charge in [-0.2, -0.15) is 0 Å². The molecule has 0 aromatic heterocycles. The van der Waals surface area contributed by atoms with Crippen molar-refractivity contribution in [3.63, 3.8) is 0 Å². The number of carbonyl (C=O) groups excluding carboxylic acids is 1. The van der Waals surface area contributed by atoms with Gasteiger partial charge >= 0.3 is 0 Å². The fraction of sp³-hybridized carbons (Fsp3) is 0.611. The number of fused-ring (bicyclic) bond motifs is 1. The van der Waals surface area contributed by atoms with Gasteiger partial charge in [-0.15, -0.1) is 0 Å². The molecule has 0 spiro atoms. The summed E-state index contributed by atoms with van der Waals surface area (Å²) in [6.45, 7) is 3.27. The van der Waals surface area contributed by atoms with Crippen LogP contribution in [-0.2, 0) is 9.53 Å². The highest BCUT2D eigenvalue weighted by atomic mass is 16.7. The molecular weight excluding hydrogens is 308 g/mol. The van der Waals surface area contributed by atoms with Gasteiger partial charge in [-0.25, -0.2) is 0 Å². The van der Waals surface area contributed by atoms with Crippen molar-refractivity contribution in [3.8, 4) is 11.5 Å². The van der Waals surface area contributed by atoms with Crippen molar-refractivity contribution in [2.75, 3.05) is 45.0 Å². The monoisotopic (exact) mass is 332 g/mol. The van der Waals surface area contributed by atoms with Crippen LogP contribution >= 0.6 is 0 Å². The second-order valence-electron chi connectivity index (χ2n) is 6.82. The number of nitrogens with zero attached hydrogens (tertiary/aromatic N) is 2. The summed E-state index contributed by atoms with van der Waals surface area (Å²) in [6, 6.07) is 5.41. The van der Waals surface area contributed by atoms with E-state index in [9.17, 15) is 4.79 Å². The van der Waals surface area contributed by atoms with Gasteiger partial charge < -0.3 is 19.1 Å². The van der Waals surface area contributed by atoms with Crippen LogP contribution in [0.2, 0.25) is 0 Å². The quantitative estimate of drug-likeness (QED) is 0.843. The van der Waals surface area contributed by atoms with Gasteiger partial charge in [-0.1, -0.05) is 6.42 Å². The lowest BCUT2D eigenvalue weighted by atomic mass is 9.84. The number of morpholine rings is 1. The van der Waals surface area contributed by atoms with Crippen LogP contribution in [0, 0.1) is 5.92 Å². The van der Waals surface area contributed by atoms with Crippen LogP contribution in [0.5, 0.6) is 11.5 Å². The molecule has 1 aromatic rings. The molecule has 1 saturated carbocycles. The van der Waals surface area contributed by atoms with Gasteiger partial charge in [-0.3, -0.25) is 9.69 Å². The van der Waals surface area contributed by atoms with Gasteiger partial charge in [-0.05, 0) is 30.9 Å². The highest BCUT2D eigenvalue weighted by Gasteiger charge is 2.34. The summed E-state index contributed by atoms with van der Waals surface area (Å²) >= 11 is 0. The summed E-state index contributed by atoms with van der Waals surface area (Å²) in [5.74, 6) is 2.24. The minimum absolute atomic E-state index is 0.0767. The van der Waals surface area contributed by atoms with Crippen LogP contribution < -0.4 is 14.4 Å². The Morgan fingerprint density at radius 1 is 1.29 bits per heavy atom. The molecule has 2 fully saturated rings. The molecule has 0 unspecified atom stereocenters. The summed E-state index contributed by atoms with van der Waals surface area (Å²) < 4.78 is 16.3. The Kier molecular flexibility index (Phi) is 4.33. The first-order chi connectivity index (χ1) is 11.7. The second kappa shape index (κ2) is 6.61. The van der Waals surface area contributed by atoms with Crippen molar-refractivity contribution in [2.45, 2.75) is 25.3 Å². The molecule has 6 heteroatoms. The van der Waals surface area contributed by atoms with Crippen molar-refractivity contribution in [2.24, 2.45) is 5.92 Å². The van der Waals surface area contributed by atoms with E-state index in [2.05, 4.69) is 4.90 Å². The summed E-state index contributed by atoms with van der Waals surface area (Å²) in [5.41, 5.74) is 0.818. The maximum atomic E-state index is 13.0. The maximum Gasteiger partial charge on any atom is 0.246 e. The van der Waals surface area contributed by atoms with Gasteiger partial charge in [0, 0.05) is 31.9 Å². The summed E-state index contributed by atoms with van der Waals surface area (Å²) in [5, 5.41) is 0. The van der Waals surface area contributed by atoms with Crippen molar-refractivity contribution in [1.29, 1.82) is 0 Å². The molecule has 130 valence electrons. The first-order valence-electron chi connectivity index (χ1n) is 8.71. The third-order valence-electron chi connectivity index (χ3n) is 5.32. The molecule has 2 aliphatic heterocycles. The molecule has 1 atom stereocenters. The Bertz CT molecular complexity index is 617. The molecule has 3 aliphatic rings. The Hall–Kier alpha value is -1.79. The molecular formula is C18H24N2O4. The van der Waals surface area contributed by atoms with Gasteiger partial charge in [0.2, 0.25) is 12.7 Å². The first-order valence-corrected chi connectivity index (χ1v) is 8.71. The minimum atomic E-state index is -0.199. The van der Waals surface area contributed by atoms with E-state index in [4.69, 9.17) is 14.2 Å². The topological polar surface area (TPSA) is 51.2 Å². The van der Waals surface area contributed by atoms with Gasteiger partial charge in [0.1, 0.15) is 6.04 Å². The van der Waals surface area contributed by atoms with Gasteiger partial charge in [0.05, 0.1) is 13.2 Å². The Morgan fingerprint density at radius 2 is 2.12 bits per heavy atom. The first kappa shape index (κ1) is 15.7. The molecule has 1 aromatic carbocycles. The molecule has 0 radical (unpaired) electrons. The van der Waals surface area contributed by atoms with Crippen LogP contribution in [0.1, 0.15) is 19.3 Å². The standard InChI is InChI=1S/C18H24N2O4/c1-19(14-5-6-16-17(9-14)24-12-23-16)18(21)15-11-22-8-7-20(15)10-13-3-2-4-13/h5-6,9,13,15H,2-4,7-8,10-12H2,1H3/t15-/m0/s1. The van der Waals surface area contributed by atoms with Crippen LogP contribution in [0.25, 0.3) is 0 Å². The number of likely N-dealkylation sites (N-methyl/N-ethyl adjacent to an activating group) is 1. The Balaban J connectivity index is 1.48. The van der Waals surface area contributed by atoms with E-state index in [1.165, 1.54) is 19.3 Å². The summed E-state index contributed by atoms with van der Waals surface area (Å²) in [6.07, 6.45) is 3.90. The van der Waals surface area contributed by atoms with E-state index in [1.54, 1.807) is 4.90 Å². The van der Waals surface area contributed by atoms with Gasteiger partial charge in [0.25, 0.3) is 0 Å². The molecule has 0 N–H and O–H groups in total. The average molecular weight is 332 g/mol. The zero-order valence-corrected chi connectivity index (χ0v) is 14.1. The Labute approximate surface area is 142 Å². The van der Waals surface area contributed by atoms with Crippen molar-refractivity contribution >= 4 is 11.6 Å². The molecule has 0 bridgehead atoms. The molecule has 4 rings (SSSR count).